The molecule has 1 rings (SSSR count). The third-order valence-corrected chi connectivity index (χ3v) is 1.90. The second kappa shape index (κ2) is 4.21. The summed E-state index contributed by atoms with van der Waals surface area (Å²) in [5.74, 6) is 0. The maximum Gasteiger partial charge on any atom is 0.407 e. The summed E-state index contributed by atoms with van der Waals surface area (Å²) < 4.78 is 5.10. The Labute approximate surface area is 67.1 Å². The molecule has 1 saturated carbocycles. The lowest BCUT2D eigenvalue weighted by Crippen LogP contribution is -2.27. The summed E-state index contributed by atoms with van der Waals surface area (Å²) in [6, 6.07) is 0. The maximum atomic E-state index is 10.9. The topological polar surface area (TPSA) is 38.3 Å². The second-order valence-corrected chi connectivity index (χ2v) is 2.84. The highest BCUT2D eigenvalue weighted by atomic mass is 16.6. The van der Waals surface area contributed by atoms with Gasteiger partial charge in [0.15, 0.2) is 0 Å². The fourth-order valence-corrected chi connectivity index (χ4v) is 1.34. The van der Waals surface area contributed by atoms with Crippen LogP contribution in [0.15, 0.2) is 0 Å². The highest BCUT2D eigenvalue weighted by molar-refractivity contribution is 5.67. The van der Waals surface area contributed by atoms with Gasteiger partial charge in [0.2, 0.25) is 0 Å². The quantitative estimate of drug-likeness (QED) is 0.662. The Morgan fingerprint density at radius 2 is 2.18 bits per heavy atom. The van der Waals surface area contributed by atoms with E-state index in [9.17, 15) is 4.79 Å². The monoisotopic (exact) mass is 157 g/mol. The van der Waals surface area contributed by atoms with Gasteiger partial charge in [0, 0.05) is 6.54 Å². The number of carbonyl (C=O) groups excluding carboxylic acids is 1. The van der Waals surface area contributed by atoms with Crippen molar-refractivity contribution < 1.29 is 9.53 Å². The molecule has 1 amide bonds. The Balaban J connectivity index is 2.13. The molecule has 1 aliphatic rings. The molecule has 0 spiro atoms. The van der Waals surface area contributed by atoms with E-state index in [0.29, 0.717) is 6.54 Å². The Morgan fingerprint density at radius 3 is 2.73 bits per heavy atom. The van der Waals surface area contributed by atoms with Crippen molar-refractivity contribution in [3.8, 4) is 0 Å². The van der Waals surface area contributed by atoms with Gasteiger partial charge < -0.3 is 10.1 Å². The molecule has 0 atom stereocenters. The van der Waals surface area contributed by atoms with E-state index in [1.165, 1.54) is 12.8 Å². The van der Waals surface area contributed by atoms with Gasteiger partial charge in [-0.3, -0.25) is 0 Å². The molecule has 0 bridgehead atoms. The number of ether oxygens (including phenoxy) is 1. The van der Waals surface area contributed by atoms with Crippen molar-refractivity contribution in [2.75, 3.05) is 6.54 Å². The maximum absolute atomic E-state index is 10.9. The molecule has 0 aromatic rings. The molecule has 11 heavy (non-hydrogen) atoms. The van der Waals surface area contributed by atoms with Gasteiger partial charge in [-0.15, -0.1) is 0 Å². The standard InChI is InChI=1S/C8H15NO2/c1-2-9-8(10)11-7-5-3-4-6-7/h7H,2-6H2,1H3,(H,9,10). The first kappa shape index (κ1) is 8.37. The van der Waals surface area contributed by atoms with Crippen molar-refractivity contribution in [3.63, 3.8) is 0 Å². The lowest BCUT2D eigenvalue weighted by atomic mass is 10.3. The van der Waals surface area contributed by atoms with Crippen molar-refractivity contribution in [2.24, 2.45) is 0 Å². The minimum absolute atomic E-state index is 0.182. The third kappa shape index (κ3) is 2.78. The van der Waals surface area contributed by atoms with E-state index in [1.807, 2.05) is 6.92 Å². The number of carbonyl (C=O) groups is 1. The Hall–Kier alpha value is -0.730. The summed E-state index contributed by atoms with van der Waals surface area (Å²) >= 11 is 0. The molecule has 3 heteroatoms. The van der Waals surface area contributed by atoms with E-state index >= 15 is 0 Å². The van der Waals surface area contributed by atoms with E-state index in [0.717, 1.165) is 12.8 Å². The second-order valence-electron chi connectivity index (χ2n) is 2.84. The Morgan fingerprint density at radius 1 is 1.55 bits per heavy atom. The first-order valence-electron chi connectivity index (χ1n) is 4.27. The highest BCUT2D eigenvalue weighted by Crippen LogP contribution is 2.20. The van der Waals surface area contributed by atoms with Crippen LogP contribution >= 0.6 is 0 Å². The molecule has 64 valence electrons. The minimum Gasteiger partial charge on any atom is -0.446 e. The van der Waals surface area contributed by atoms with E-state index < -0.39 is 0 Å². The zero-order valence-electron chi connectivity index (χ0n) is 6.93. The van der Waals surface area contributed by atoms with Crippen LogP contribution in [-0.4, -0.2) is 18.7 Å². The number of alkyl carbamates (subject to hydrolysis) is 1. The normalized spacial score (nSPS) is 18.3. The van der Waals surface area contributed by atoms with Crippen LogP contribution < -0.4 is 5.32 Å². The van der Waals surface area contributed by atoms with Gasteiger partial charge in [-0.1, -0.05) is 0 Å². The van der Waals surface area contributed by atoms with Crippen LogP contribution in [0.25, 0.3) is 0 Å². The van der Waals surface area contributed by atoms with Crippen LogP contribution in [0.1, 0.15) is 32.6 Å². The lowest BCUT2D eigenvalue weighted by Gasteiger charge is -2.10. The predicted octanol–water partition coefficient (Wildman–Crippen LogP) is 1.68. The molecular formula is C8H15NO2. The summed E-state index contributed by atoms with van der Waals surface area (Å²) in [5, 5.41) is 2.61. The first-order chi connectivity index (χ1) is 5.33. The van der Waals surface area contributed by atoms with Gasteiger partial charge in [-0.25, -0.2) is 4.79 Å². The third-order valence-electron chi connectivity index (χ3n) is 1.90. The van der Waals surface area contributed by atoms with Crippen molar-refractivity contribution >= 4 is 6.09 Å². The molecule has 0 aromatic heterocycles. The Bertz CT molecular complexity index is 130. The van der Waals surface area contributed by atoms with E-state index in [-0.39, 0.29) is 12.2 Å². The summed E-state index contributed by atoms with van der Waals surface area (Å²) in [6.45, 7) is 2.53. The summed E-state index contributed by atoms with van der Waals surface area (Å²) in [5.41, 5.74) is 0. The average Bonchev–Trinajstić information content (AvgIpc) is 2.40. The number of amides is 1. The number of hydrogen-bond acceptors (Lipinski definition) is 2. The highest BCUT2D eigenvalue weighted by Gasteiger charge is 2.18. The summed E-state index contributed by atoms with van der Waals surface area (Å²) in [7, 11) is 0. The predicted molar refractivity (Wildman–Crippen MR) is 42.4 cm³/mol. The molecule has 1 N–H and O–H groups in total. The van der Waals surface area contributed by atoms with Crippen molar-refractivity contribution in [2.45, 2.75) is 38.7 Å². The van der Waals surface area contributed by atoms with Crippen molar-refractivity contribution in [3.05, 3.63) is 0 Å². The van der Waals surface area contributed by atoms with Gasteiger partial charge in [0.05, 0.1) is 0 Å². The van der Waals surface area contributed by atoms with Crippen molar-refractivity contribution in [1.82, 2.24) is 5.32 Å². The molecule has 0 aliphatic heterocycles. The number of hydrogen-bond donors (Lipinski definition) is 1. The summed E-state index contributed by atoms with van der Waals surface area (Å²) in [6.07, 6.45) is 4.39. The van der Waals surface area contributed by atoms with Gasteiger partial charge in [-0.2, -0.15) is 0 Å². The molecule has 0 saturated heterocycles. The fraction of sp³-hybridized carbons (Fsp3) is 0.875. The minimum atomic E-state index is -0.264. The largest absolute Gasteiger partial charge is 0.446 e. The lowest BCUT2D eigenvalue weighted by molar-refractivity contribution is 0.101. The summed E-state index contributed by atoms with van der Waals surface area (Å²) in [4.78, 5) is 10.9. The number of nitrogens with one attached hydrogen (secondary N) is 1. The SMILES string of the molecule is CCNC(=O)OC1CCCC1. The Kier molecular flexibility index (Phi) is 3.20. The molecule has 3 nitrogen and oxygen atoms in total. The fourth-order valence-electron chi connectivity index (χ4n) is 1.34. The molecular weight excluding hydrogens is 142 g/mol. The van der Waals surface area contributed by atoms with Gasteiger partial charge >= 0.3 is 6.09 Å². The van der Waals surface area contributed by atoms with Crippen LogP contribution in [0.5, 0.6) is 0 Å². The van der Waals surface area contributed by atoms with Crippen molar-refractivity contribution in [1.29, 1.82) is 0 Å². The van der Waals surface area contributed by atoms with Crippen LogP contribution in [0.2, 0.25) is 0 Å². The van der Waals surface area contributed by atoms with Gasteiger partial charge in [0.1, 0.15) is 6.10 Å². The zero-order valence-corrected chi connectivity index (χ0v) is 6.93. The van der Waals surface area contributed by atoms with E-state index in [2.05, 4.69) is 5.32 Å². The molecule has 0 unspecified atom stereocenters. The molecule has 0 radical (unpaired) electrons. The average molecular weight is 157 g/mol. The van der Waals surface area contributed by atoms with E-state index in [1.54, 1.807) is 0 Å². The van der Waals surface area contributed by atoms with E-state index in [4.69, 9.17) is 4.74 Å². The van der Waals surface area contributed by atoms with Gasteiger partial charge in [-0.05, 0) is 32.6 Å². The van der Waals surface area contributed by atoms with Crippen LogP contribution in [0.3, 0.4) is 0 Å². The molecule has 0 heterocycles. The zero-order chi connectivity index (χ0) is 8.10. The first-order valence-corrected chi connectivity index (χ1v) is 4.27. The smallest absolute Gasteiger partial charge is 0.407 e. The number of rotatable bonds is 2. The van der Waals surface area contributed by atoms with Gasteiger partial charge in [0.25, 0.3) is 0 Å². The van der Waals surface area contributed by atoms with Crippen LogP contribution in [0, 0.1) is 0 Å². The van der Waals surface area contributed by atoms with Crippen LogP contribution in [0.4, 0.5) is 4.79 Å². The molecule has 1 aliphatic carbocycles. The molecule has 0 aromatic carbocycles. The van der Waals surface area contributed by atoms with Crippen LogP contribution in [-0.2, 0) is 4.74 Å². The molecule has 1 fully saturated rings.